The fourth-order valence-corrected chi connectivity index (χ4v) is 5.69. The van der Waals surface area contributed by atoms with E-state index in [1.165, 1.54) is 81.9 Å². The monoisotopic (exact) mass is 391 g/mol. The second-order valence-corrected chi connectivity index (χ2v) is 14.1. The van der Waals surface area contributed by atoms with Gasteiger partial charge in [0.1, 0.15) is 0 Å². The second-order valence-electron chi connectivity index (χ2n) is 9.06. The summed E-state index contributed by atoms with van der Waals surface area (Å²) in [6.45, 7) is 11.9. The standard InChI is InChI=1S/C24H45NOSi/c1-7-9-11-13-14-16-18-22(26-3)24-21(17-15-12-10-8-2)23(19-20-25-24)27(4,5)6/h19-20,22H,7-18H2,1-6H3. The molecule has 1 heterocycles. The van der Waals surface area contributed by atoms with Crippen LogP contribution in [-0.4, -0.2) is 20.2 Å². The largest absolute Gasteiger partial charge is 0.375 e. The van der Waals surface area contributed by atoms with E-state index in [2.05, 4.69) is 39.6 Å². The highest BCUT2D eigenvalue weighted by Crippen LogP contribution is 2.26. The average Bonchev–Trinajstić information content (AvgIpc) is 2.64. The summed E-state index contributed by atoms with van der Waals surface area (Å²) in [6, 6.07) is 2.29. The highest BCUT2D eigenvalue weighted by atomic mass is 28.3. The van der Waals surface area contributed by atoms with Gasteiger partial charge < -0.3 is 4.74 Å². The van der Waals surface area contributed by atoms with Gasteiger partial charge in [-0.05, 0) is 30.9 Å². The predicted molar refractivity (Wildman–Crippen MR) is 123 cm³/mol. The molecule has 0 aliphatic carbocycles. The first kappa shape index (κ1) is 24.4. The lowest BCUT2D eigenvalue weighted by atomic mass is 9.98. The fourth-order valence-electron chi connectivity index (χ4n) is 3.96. The lowest BCUT2D eigenvalue weighted by Gasteiger charge is -2.26. The van der Waals surface area contributed by atoms with Gasteiger partial charge in [0.25, 0.3) is 0 Å². The van der Waals surface area contributed by atoms with Crippen molar-refractivity contribution in [3.05, 3.63) is 23.5 Å². The summed E-state index contributed by atoms with van der Waals surface area (Å²) >= 11 is 0. The number of pyridine rings is 1. The van der Waals surface area contributed by atoms with E-state index in [1.807, 2.05) is 13.3 Å². The van der Waals surface area contributed by atoms with Crippen LogP contribution in [0.25, 0.3) is 0 Å². The molecule has 1 unspecified atom stereocenters. The Morgan fingerprint density at radius 2 is 1.48 bits per heavy atom. The molecule has 2 nitrogen and oxygen atoms in total. The molecule has 0 radical (unpaired) electrons. The Balaban J connectivity index is 2.87. The van der Waals surface area contributed by atoms with Gasteiger partial charge in [0.2, 0.25) is 0 Å². The van der Waals surface area contributed by atoms with Gasteiger partial charge in [0, 0.05) is 13.3 Å². The SMILES string of the molecule is CCCCCCCCC(OC)c1nccc([Si](C)(C)C)c1CCCCCC. The molecule has 1 aromatic rings. The molecule has 0 aromatic carbocycles. The molecule has 156 valence electrons. The van der Waals surface area contributed by atoms with Gasteiger partial charge in [-0.25, -0.2) is 0 Å². The minimum atomic E-state index is -1.39. The smallest absolute Gasteiger partial charge is 0.0993 e. The van der Waals surface area contributed by atoms with Gasteiger partial charge in [0.15, 0.2) is 0 Å². The number of methoxy groups -OCH3 is 1. The van der Waals surface area contributed by atoms with Gasteiger partial charge in [-0.1, -0.05) is 96.5 Å². The molecular formula is C24H45NOSi. The number of hydrogen-bond donors (Lipinski definition) is 0. The van der Waals surface area contributed by atoms with Crippen LogP contribution in [0.5, 0.6) is 0 Å². The zero-order chi connectivity index (χ0) is 20.1. The number of aromatic nitrogens is 1. The van der Waals surface area contributed by atoms with Crippen LogP contribution >= 0.6 is 0 Å². The summed E-state index contributed by atoms with van der Waals surface area (Å²) in [5.41, 5.74) is 2.76. The summed E-state index contributed by atoms with van der Waals surface area (Å²) in [5.74, 6) is 0. The zero-order valence-electron chi connectivity index (χ0n) is 19.1. The third kappa shape index (κ3) is 8.91. The quantitative estimate of drug-likeness (QED) is 0.233. The summed E-state index contributed by atoms with van der Waals surface area (Å²) in [4.78, 5) is 4.85. The van der Waals surface area contributed by atoms with Gasteiger partial charge in [-0.3, -0.25) is 4.98 Å². The Labute approximate surface area is 170 Å². The van der Waals surface area contributed by atoms with Crippen molar-refractivity contribution >= 4 is 13.3 Å². The van der Waals surface area contributed by atoms with Gasteiger partial charge in [0.05, 0.1) is 19.9 Å². The highest BCUT2D eigenvalue weighted by Gasteiger charge is 2.25. The molecule has 0 saturated carbocycles. The molecule has 27 heavy (non-hydrogen) atoms. The molecule has 0 bridgehead atoms. The van der Waals surface area contributed by atoms with E-state index in [0.29, 0.717) is 0 Å². The van der Waals surface area contributed by atoms with Gasteiger partial charge in [-0.2, -0.15) is 0 Å². The van der Waals surface area contributed by atoms with Gasteiger partial charge >= 0.3 is 0 Å². The molecule has 0 fully saturated rings. The van der Waals surface area contributed by atoms with Crippen molar-refractivity contribution in [3.63, 3.8) is 0 Å². The highest BCUT2D eigenvalue weighted by molar-refractivity contribution is 6.89. The Morgan fingerprint density at radius 1 is 0.889 bits per heavy atom. The maximum absolute atomic E-state index is 5.95. The Hall–Kier alpha value is -0.673. The number of rotatable bonds is 15. The van der Waals surface area contributed by atoms with E-state index >= 15 is 0 Å². The summed E-state index contributed by atoms with van der Waals surface area (Å²) in [5, 5.41) is 1.59. The van der Waals surface area contributed by atoms with Crippen LogP contribution in [0.15, 0.2) is 12.3 Å². The number of hydrogen-bond acceptors (Lipinski definition) is 2. The molecule has 0 saturated heterocycles. The topological polar surface area (TPSA) is 22.1 Å². The molecule has 1 aromatic heterocycles. The van der Waals surface area contributed by atoms with E-state index in [9.17, 15) is 0 Å². The van der Waals surface area contributed by atoms with Crippen molar-refractivity contribution in [3.8, 4) is 0 Å². The van der Waals surface area contributed by atoms with Crippen LogP contribution < -0.4 is 5.19 Å². The molecule has 1 rings (SSSR count). The van der Waals surface area contributed by atoms with E-state index in [0.717, 1.165) is 6.42 Å². The second kappa shape index (κ2) is 13.5. The van der Waals surface area contributed by atoms with E-state index in [-0.39, 0.29) is 6.10 Å². The van der Waals surface area contributed by atoms with E-state index in [1.54, 1.807) is 5.19 Å². The Kier molecular flexibility index (Phi) is 12.2. The molecule has 3 heteroatoms. The third-order valence-electron chi connectivity index (χ3n) is 5.59. The fraction of sp³-hybridized carbons (Fsp3) is 0.792. The van der Waals surface area contributed by atoms with Crippen LogP contribution in [0, 0.1) is 0 Å². The summed E-state index contributed by atoms with van der Waals surface area (Å²) in [7, 11) is 0.482. The maximum Gasteiger partial charge on any atom is 0.0993 e. The van der Waals surface area contributed by atoms with Crippen molar-refractivity contribution in [1.29, 1.82) is 0 Å². The molecule has 0 N–H and O–H groups in total. The number of ether oxygens (including phenoxy) is 1. The Bertz CT molecular complexity index is 510. The Morgan fingerprint density at radius 3 is 2.07 bits per heavy atom. The molecule has 0 spiro atoms. The summed E-state index contributed by atoms with van der Waals surface area (Å²) in [6.07, 6.45) is 17.7. The lowest BCUT2D eigenvalue weighted by Crippen LogP contribution is -2.41. The van der Waals surface area contributed by atoms with Crippen molar-refractivity contribution in [2.24, 2.45) is 0 Å². The van der Waals surface area contributed by atoms with Crippen LogP contribution in [0.2, 0.25) is 19.6 Å². The van der Waals surface area contributed by atoms with Crippen LogP contribution in [0.3, 0.4) is 0 Å². The average molecular weight is 392 g/mol. The first-order valence-electron chi connectivity index (χ1n) is 11.5. The van der Waals surface area contributed by atoms with Crippen molar-refractivity contribution < 1.29 is 4.74 Å². The van der Waals surface area contributed by atoms with Crippen LogP contribution in [0.1, 0.15) is 102 Å². The van der Waals surface area contributed by atoms with Crippen LogP contribution in [0.4, 0.5) is 0 Å². The van der Waals surface area contributed by atoms with Crippen molar-refractivity contribution in [2.75, 3.05) is 7.11 Å². The summed E-state index contributed by atoms with van der Waals surface area (Å²) < 4.78 is 5.95. The van der Waals surface area contributed by atoms with E-state index in [4.69, 9.17) is 9.72 Å². The number of nitrogens with zero attached hydrogens (tertiary/aromatic N) is 1. The normalized spacial score (nSPS) is 13.1. The maximum atomic E-state index is 5.95. The van der Waals surface area contributed by atoms with E-state index < -0.39 is 8.07 Å². The molecular weight excluding hydrogens is 346 g/mol. The minimum Gasteiger partial charge on any atom is -0.375 e. The molecule has 0 amide bonds. The number of unbranched alkanes of at least 4 members (excludes halogenated alkanes) is 8. The first-order valence-corrected chi connectivity index (χ1v) is 15.0. The zero-order valence-corrected chi connectivity index (χ0v) is 20.1. The third-order valence-corrected chi connectivity index (χ3v) is 7.67. The van der Waals surface area contributed by atoms with Crippen LogP contribution in [-0.2, 0) is 11.2 Å². The predicted octanol–water partition coefficient (Wildman–Crippen LogP) is 7.19. The molecule has 1 atom stereocenters. The van der Waals surface area contributed by atoms with Crippen molar-refractivity contribution in [1.82, 2.24) is 4.98 Å². The van der Waals surface area contributed by atoms with Crippen molar-refractivity contribution in [2.45, 2.75) is 117 Å². The first-order chi connectivity index (χ1) is 13.0. The lowest BCUT2D eigenvalue weighted by molar-refractivity contribution is 0.0888. The molecule has 0 aliphatic rings. The minimum absolute atomic E-state index is 0.161. The molecule has 0 aliphatic heterocycles. The van der Waals surface area contributed by atoms with Gasteiger partial charge in [-0.15, -0.1) is 0 Å².